The van der Waals surface area contributed by atoms with Crippen molar-refractivity contribution < 1.29 is 14.3 Å². The lowest BCUT2D eigenvalue weighted by Gasteiger charge is -2.06. The van der Waals surface area contributed by atoms with Crippen molar-refractivity contribution in [2.24, 2.45) is 5.92 Å². The molecule has 0 fully saturated rings. The van der Waals surface area contributed by atoms with Crippen molar-refractivity contribution in [1.29, 1.82) is 0 Å². The number of carbonyl (C=O) groups excluding carboxylic acids is 1. The fourth-order valence-electron chi connectivity index (χ4n) is 1.86. The second-order valence-corrected chi connectivity index (χ2v) is 5.04. The molecule has 21 heavy (non-hydrogen) atoms. The molecule has 0 bridgehead atoms. The fourth-order valence-corrected chi connectivity index (χ4v) is 1.86. The third kappa shape index (κ3) is 8.75. The average molecular weight is 288 g/mol. The van der Waals surface area contributed by atoms with E-state index in [-0.39, 0.29) is 12.4 Å². The Kier molecular flexibility index (Phi) is 8.79. The van der Waals surface area contributed by atoms with Crippen LogP contribution in [0.1, 0.15) is 39.0 Å². The number of esters is 1. The van der Waals surface area contributed by atoms with Gasteiger partial charge >= 0.3 is 5.97 Å². The van der Waals surface area contributed by atoms with Crippen LogP contribution in [0.15, 0.2) is 36.1 Å². The maximum Gasteiger partial charge on any atom is 0.317 e. The van der Waals surface area contributed by atoms with Gasteiger partial charge in [0.2, 0.25) is 0 Å². The molecule has 1 unspecified atom stereocenters. The number of rotatable bonds is 9. The van der Waals surface area contributed by atoms with Crippen molar-refractivity contribution in [3.8, 4) is 12.3 Å². The highest BCUT2D eigenvalue weighted by Crippen LogP contribution is 2.11. The van der Waals surface area contributed by atoms with Gasteiger partial charge in [-0.25, -0.2) is 0 Å². The summed E-state index contributed by atoms with van der Waals surface area (Å²) in [6.07, 6.45) is 19.3. The van der Waals surface area contributed by atoms with E-state index in [9.17, 15) is 4.79 Å². The molecule has 0 saturated heterocycles. The molecule has 3 heteroatoms. The Balaban J connectivity index is 1.97. The van der Waals surface area contributed by atoms with E-state index < -0.39 is 0 Å². The van der Waals surface area contributed by atoms with E-state index in [0.29, 0.717) is 12.5 Å². The molecule has 114 valence electrons. The minimum Gasteiger partial charge on any atom is -0.494 e. The lowest BCUT2D eigenvalue weighted by molar-refractivity contribution is -0.142. The third-order valence-electron chi connectivity index (χ3n) is 3.06. The molecule has 0 aromatic rings. The van der Waals surface area contributed by atoms with Crippen LogP contribution in [0, 0.1) is 18.3 Å². The van der Waals surface area contributed by atoms with Gasteiger partial charge in [0.25, 0.3) is 0 Å². The van der Waals surface area contributed by atoms with Gasteiger partial charge in [0.1, 0.15) is 12.2 Å². The molecule has 0 aliphatic heterocycles. The molecule has 3 nitrogen and oxygen atoms in total. The Morgan fingerprint density at radius 2 is 2.00 bits per heavy atom. The van der Waals surface area contributed by atoms with Crippen LogP contribution in [0.25, 0.3) is 0 Å². The fraction of sp³-hybridized carbons (Fsp3) is 0.500. The van der Waals surface area contributed by atoms with Crippen LogP contribution in [0.5, 0.6) is 0 Å². The van der Waals surface area contributed by atoms with Crippen molar-refractivity contribution in [2.75, 3.05) is 13.2 Å². The van der Waals surface area contributed by atoms with Crippen LogP contribution >= 0.6 is 0 Å². The van der Waals surface area contributed by atoms with Crippen molar-refractivity contribution in [1.82, 2.24) is 0 Å². The lowest BCUT2D eigenvalue weighted by Crippen LogP contribution is -2.04. The predicted molar refractivity (Wildman–Crippen MR) is 84.4 cm³/mol. The standard InChI is InChI=1S/C18H24O3/c1-3-9-18(19)21-15-7-5-4-6-14-20-17-11-8-10-16(2)12-13-17/h1,8,10-13,16H,4-7,9,14-15H2,2H3. The van der Waals surface area contributed by atoms with Gasteiger partial charge in [0.15, 0.2) is 0 Å². The van der Waals surface area contributed by atoms with E-state index in [0.717, 1.165) is 38.0 Å². The molecule has 0 heterocycles. The maximum atomic E-state index is 11.0. The topological polar surface area (TPSA) is 35.5 Å². The van der Waals surface area contributed by atoms with Gasteiger partial charge in [-0.2, -0.15) is 0 Å². The summed E-state index contributed by atoms with van der Waals surface area (Å²) in [6.45, 7) is 3.31. The normalized spacial score (nSPS) is 16.8. The molecular weight excluding hydrogens is 264 g/mol. The molecule has 1 aliphatic carbocycles. The minimum atomic E-state index is -0.310. The number of carbonyl (C=O) groups is 1. The Morgan fingerprint density at radius 1 is 1.24 bits per heavy atom. The van der Waals surface area contributed by atoms with Crippen LogP contribution < -0.4 is 0 Å². The molecule has 0 N–H and O–H groups in total. The van der Waals surface area contributed by atoms with Crippen LogP contribution in [0.2, 0.25) is 0 Å². The molecule has 0 aromatic heterocycles. The summed E-state index contributed by atoms with van der Waals surface area (Å²) in [5, 5.41) is 0. The third-order valence-corrected chi connectivity index (χ3v) is 3.06. The van der Waals surface area contributed by atoms with E-state index in [1.54, 1.807) is 0 Å². The molecule has 0 radical (unpaired) electrons. The zero-order valence-electron chi connectivity index (χ0n) is 12.7. The first-order valence-electron chi connectivity index (χ1n) is 7.51. The summed E-state index contributed by atoms with van der Waals surface area (Å²) in [7, 11) is 0. The minimum absolute atomic E-state index is 0.0591. The summed E-state index contributed by atoms with van der Waals surface area (Å²) in [4.78, 5) is 11.0. The molecule has 0 spiro atoms. The van der Waals surface area contributed by atoms with E-state index in [2.05, 4.69) is 25.0 Å². The summed E-state index contributed by atoms with van der Waals surface area (Å²) < 4.78 is 10.7. The first-order chi connectivity index (χ1) is 10.2. The lowest BCUT2D eigenvalue weighted by atomic mass is 10.2. The summed E-state index contributed by atoms with van der Waals surface area (Å²) in [5.74, 6) is 3.33. The van der Waals surface area contributed by atoms with E-state index in [1.807, 2.05) is 18.2 Å². The number of hydrogen-bond acceptors (Lipinski definition) is 3. The van der Waals surface area contributed by atoms with Gasteiger partial charge < -0.3 is 9.47 Å². The van der Waals surface area contributed by atoms with Gasteiger partial charge in [-0.15, -0.1) is 6.42 Å². The van der Waals surface area contributed by atoms with Crippen LogP contribution in [0.3, 0.4) is 0 Å². The second-order valence-electron chi connectivity index (χ2n) is 5.04. The van der Waals surface area contributed by atoms with Crippen LogP contribution in [-0.4, -0.2) is 19.2 Å². The number of allylic oxidation sites excluding steroid dienone is 5. The van der Waals surface area contributed by atoms with Crippen LogP contribution in [0.4, 0.5) is 0 Å². The number of hydrogen-bond donors (Lipinski definition) is 0. The van der Waals surface area contributed by atoms with E-state index >= 15 is 0 Å². The molecule has 0 saturated carbocycles. The quantitative estimate of drug-likeness (QED) is 0.368. The van der Waals surface area contributed by atoms with Gasteiger partial charge in [-0.1, -0.05) is 31.1 Å². The maximum absolute atomic E-state index is 11.0. The Bertz CT molecular complexity index is 438. The van der Waals surface area contributed by atoms with Crippen molar-refractivity contribution in [2.45, 2.75) is 39.0 Å². The molecule has 0 aromatic carbocycles. The summed E-state index contributed by atoms with van der Waals surface area (Å²) in [6, 6.07) is 0. The zero-order valence-corrected chi connectivity index (χ0v) is 12.7. The van der Waals surface area contributed by atoms with Gasteiger partial charge in [0, 0.05) is 0 Å². The van der Waals surface area contributed by atoms with Crippen LogP contribution in [-0.2, 0) is 14.3 Å². The van der Waals surface area contributed by atoms with Gasteiger partial charge in [-0.05, 0) is 43.8 Å². The summed E-state index contributed by atoms with van der Waals surface area (Å²) >= 11 is 0. The monoisotopic (exact) mass is 288 g/mol. The first-order valence-corrected chi connectivity index (χ1v) is 7.51. The highest BCUT2D eigenvalue weighted by molar-refractivity contribution is 5.72. The molecule has 1 rings (SSSR count). The second kappa shape index (κ2) is 10.8. The average Bonchev–Trinajstić information content (AvgIpc) is 2.67. The Hall–Kier alpha value is -1.95. The first kappa shape index (κ1) is 17.1. The van der Waals surface area contributed by atoms with Gasteiger partial charge in [0.05, 0.1) is 13.2 Å². The molecular formula is C18H24O3. The molecule has 1 atom stereocenters. The van der Waals surface area contributed by atoms with Crippen molar-refractivity contribution >= 4 is 5.97 Å². The largest absolute Gasteiger partial charge is 0.494 e. The zero-order chi connectivity index (χ0) is 15.3. The van der Waals surface area contributed by atoms with Gasteiger partial charge in [-0.3, -0.25) is 4.79 Å². The number of ether oxygens (including phenoxy) is 2. The van der Waals surface area contributed by atoms with Crippen molar-refractivity contribution in [3.63, 3.8) is 0 Å². The number of terminal acetylenes is 1. The molecule has 0 amide bonds. The van der Waals surface area contributed by atoms with Crippen molar-refractivity contribution in [3.05, 3.63) is 36.1 Å². The van der Waals surface area contributed by atoms with E-state index in [1.165, 1.54) is 0 Å². The summed E-state index contributed by atoms with van der Waals surface area (Å²) in [5.41, 5.74) is 0. The smallest absolute Gasteiger partial charge is 0.317 e. The Morgan fingerprint density at radius 3 is 2.76 bits per heavy atom. The van der Waals surface area contributed by atoms with E-state index in [4.69, 9.17) is 15.9 Å². The number of unbranched alkanes of at least 4 members (excludes halogenated alkanes) is 3. The predicted octanol–water partition coefficient (Wildman–Crippen LogP) is 3.78. The highest BCUT2D eigenvalue weighted by atomic mass is 16.5. The SMILES string of the molecule is C#CCC(=O)OCCCCCCOC1=CC=CC(C)C=C1. The highest BCUT2D eigenvalue weighted by Gasteiger charge is 2.00. The molecule has 1 aliphatic rings. The Labute approximate surface area is 127 Å².